The molecule has 0 saturated heterocycles. The van der Waals surface area contributed by atoms with Crippen molar-refractivity contribution in [2.45, 2.75) is 26.8 Å². The number of rotatable bonds is 7. The van der Waals surface area contributed by atoms with Crippen molar-refractivity contribution in [2.75, 3.05) is 6.54 Å². The Balaban J connectivity index is 1.48. The van der Waals surface area contributed by atoms with Crippen LogP contribution < -0.4 is 10.6 Å². The molecule has 0 atom stereocenters. The summed E-state index contributed by atoms with van der Waals surface area (Å²) in [5.41, 5.74) is 3.99. The number of aromatic nitrogens is 2. The topological polar surface area (TPSA) is 76.0 Å². The summed E-state index contributed by atoms with van der Waals surface area (Å²) in [6.07, 6.45) is 0.223. The number of hydrogen-bond donors (Lipinski definition) is 2. The third-order valence-electron chi connectivity index (χ3n) is 4.55. The molecule has 2 amide bonds. The minimum atomic E-state index is -0.223. The monoisotopic (exact) mass is 410 g/mol. The Morgan fingerprint density at radius 2 is 1.69 bits per heavy atom. The van der Waals surface area contributed by atoms with Crippen molar-refractivity contribution >= 4 is 23.4 Å². The lowest BCUT2D eigenvalue weighted by Gasteiger charge is -2.08. The zero-order valence-electron chi connectivity index (χ0n) is 16.4. The van der Waals surface area contributed by atoms with Gasteiger partial charge in [-0.2, -0.15) is 5.10 Å². The standard InChI is InChI=1S/C22H23ClN4O2/c1-15-21(23)16(2)27(26-15)19-10-8-18(9-11-19)22(29)24-13-12-20(28)25-14-17-6-4-3-5-7-17/h3-11H,12-14H2,1-2H3,(H,24,29)(H,25,28). The number of benzene rings is 2. The number of amides is 2. The Kier molecular flexibility index (Phi) is 6.67. The molecule has 3 rings (SSSR count). The first kappa shape index (κ1) is 20.6. The Bertz CT molecular complexity index is 998. The summed E-state index contributed by atoms with van der Waals surface area (Å²) < 4.78 is 1.75. The van der Waals surface area contributed by atoms with Crippen LogP contribution in [0.1, 0.15) is 33.7 Å². The lowest BCUT2D eigenvalue weighted by atomic mass is 10.2. The van der Waals surface area contributed by atoms with E-state index >= 15 is 0 Å². The molecule has 2 N–H and O–H groups in total. The van der Waals surface area contributed by atoms with Crippen molar-refractivity contribution < 1.29 is 9.59 Å². The molecule has 1 aromatic heterocycles. The molecule has 0 aliphatic heterocycles. The molecule has 150 valence electrons. The van der Waals surface area contributed by atoms with Gasteiger partial charge >= 0.3 is 0 Å². The molecule has 2 aromatic carbocycles. The SMILES string of the molecule is Cc1nn(-c2ccc(C(=O)NCCC(=O)NCc3ccccc3)cc2)c(C)c1Cl. The van der Waals surface area contributed by atoms with E-state index < -0.39 is 0 Å². The van der Waals surface area contributed by atoms with Gasteiger partial charge in [-0.25, -0.2) is 4.68 Å². The molecule has 7 heteroatoms. The molecule has 0 bridgehead atoms. The van der Waals surface area contributed by atoms with Gasteiger partial charge < -0.3 is 10.6 Å². The first-order valence-electron chi connectivity index (χ1n) is 9.36. The molecule has 0 spiro atoms. The summed E-state index contributed by atoms with van der Waals surface area (Å²) in [6, 6.07) is 16.8. The quantitative estimate of drug-likeness (QED) is 0.625. The molecule has 0 aliphatic rings. The molecular weight excluding hydrogens is 388 g/mol. The Morgan fingerprint density at radius 1 is 1.00 bits per heavy atom. The van der Waals surface area contributed by atoms with E-state index in [0.717, 1.165) is 22.6 Å². The smallest absolute Gasteiger partial charge is 0.251 e. The average Bonchev–Trinajstić information content (AvgIpc) is 3.00. The summed E-state index contributed by atoms with van der Waals surface area (Å²) in [5, 5.41) is 10.6. The first-order chi connectivity index (χ1) is 14.0. The van der Waals surface area contributed by atoms with E-state index in [-0.39, 0.29) is 24.8 Å². The van der Waals surface area contributed by atoms with Gasteiger partial charge in [-0.3, -0.25) is 9.59 Å². The second-order valence-electron chi connectivity index (χ2n) is 6.71. The minimum Gasteiger partial charge on any atom is -0.352 e. The van der Waals surface area contributed by atoms with Gasteiger partial charge in [-0.05, 0) is 43.7 Å². The third kappa shape index (κ3) is 5.23. The first-order valence-corrected chi connectivity index (χ1v) is 9.74. The molecular formula is C22H23ClN4O2. The molecule has 6 nitrogen and oxygen atoms in total. The van der Waals surface area contributed by atoms with E-state index in [1.165, 1.54) is 0 Å². The van der Waals surface area contributed by atoms with Crippen LogP contribution in [0.15, 0.2) is 54.6 Å². The van der Waals surface area contributed by atoms with E-state index in [1.807, 2.05) is 56.3 Å². The third-order valence-corrected chi connectivity index (χ3v) is 5.09. The molecule has 0 fully saturated rings. The van der Waals surface area contributed by atoms with Gasteiger partial charge in [0, 0.05) is 25.1 Å². The summed E-state index contributed by atoms with van der Waals surface area (Å²) in [6.45, 7) is 4.50. The van der Waals surface area contributed by atoms with Gasteiger partial charge in [0.1, 0.15) is 0 Å². The highest BCUT2D eigenvalue weighted by molar-refractivity contribution is 6.31. The number of nitrogens with one attached hydrogen (secondary N) is 2. The van der Waals surface area contributed by atoms with Gasteiger partial charge in [0.15, 0.2) is 0 Å². The highest BCUT2D eigenvalue weighted by atomic mass is 35.5. The van der Waals surface area contributed by atoms with E-state index in [4.69, 9.17) is 11.6 Å². The maximum atomic E-state index is 12.3. The summed E-state index contributed by atoms with van der Waals surface area (Å²) in [5.74, 6) is -0.329. The Labute approximate surface area is 174 Å². The summed E-state index contributed by atoms with van der Waals surface area (Å²) in [4.78, 5) is 24.2. The number of halogens is 1. The number of hydrogen-bond acceptors (Lipinski definition) is 3. The van der Waals surface area contributed by atoms with Crippen LogP contribution in [0.2, 0.25) is 5.02 Å². The Morgan fingerprint density at radius 3 is 2.31 bits per heavy atom. The fourth-order valence-corrected chi connectivity index (χ4v) is 3.02. The summed E-state index contributed by atoms with van der Waals surface area (Å²) >= 11 is 6.19. The molecule has 3 aromatic rings. The van der Waals surface area contributed by atoms with Crippen molar-refractivity contribution in [1.29, 1.82) is 0 Å². The van der Waals surface area contributed by atoms with Crippen molar-refractivity contribution in [3.63, 3.8) is 0 Å². The van der Waals surface area contributed by atoms with Crippen LogP contribution in [0.25, 0.3) is 5.69 Å². The highest BCUT2D eigenvalue weighted by Crippen LogP contribution is 2.22. The van der Waals surface area contributed by atoms with Crippen molar-refractivity contribution in [1.82, 2.24) is 20.4 Å². The number of carbonyl (C=O) groups is 2. The number of aryl methyl sites for hydroxylation is 1. The van der Waals surface area contributed by atoms with Gasteiger partial charge in [0.2, 0.25) is 5.91 Å². The van der Waals surface area contributed by atoms with E-state index in [9.17, 15) is 9.59 Å². The molecule has 1 heterocycles. The molecule has 0 radical (unpaired) electrons. The zero-order valence-corrected chi connectivity index (χ0v) is 17.2. The molecule has 0 aliphatic carbocycles. The van der Waals surface area contributed by atoms with E-state index in [2.05, 4.69) is 15.7 Å². The number of nitrogens with zero attached hydrogens (tertiary/aromatic N) is 2. The average molecular weight is 411 g/mol. The van der Waals surface area contributed by atoms with E-state index in [1.54, 1.807) is 16.8 Å². The lowest BCUT2D eigenvalue weighted by Crippen LogP contribution is -2.30. The van der Waals surface area contributed by atoms with Crippen LogP contribution in [0.3, 0.4) is 0 Å². The van der Waals surface area contributed by atoms with Gasteiger partial charge in [-0.15, -0.1) is 0 Å². The number of carbonyl (C=O) groups excluding carboxylic acids is 2. The fourth-order valence-electron chi connectivity index (χ4n) is 2.91. The van der Waals surface area contributed by atoms with Crippen LogP contribution >= 0.6 is 11.6 Å². The minimum absolute atomic E-state index is 0.106. The van der Waals surface area contributed by atoms with Crippen LogP contribution in [0.5, 0.6) is 0 Å². The normalized spacial score (nSPS) is 10.6. The second kappa shape index (κ2) is 9.39. The molecule has 0 saturated carbocycles. The van der Waals surface area contributed by atoms with Crippen LogP contribution in [-0.4, -0.2) is 28.1 Å². The predicted molar refractivity (Wildman–Crippen MR) is 113 cm³/mol. The van der Waals surface area contributed by atoms with Crippen LogP contribution in [-0.2, 0) is 11.3 Å². The summed E-state index contributed by atoms with van der Waals surface area (Å²) in [7, 11) is 0. The zero-order chi connectivity index (χ0) is 20.8. The van der Waals surface area contributed by atoms with E-state index in [0.29, 0.717) is 17.1 Å². The van der Waals surface area contributed by atoms with Gasteiger partial charge in [0.05, 0.1) is 22.1 Å². The fraction of sp³-hybridized carbons (Fsp3) is 0.227. The second-order valence-corrected chi connectivity index (χ2v) is 7.09. The largest absolute Gasteiger partial charge is 0.352 e. The van der Waals surface area contributed by atoms with Crippen molar-refractivity contribution in [3.05, 3.63) is 82.1 Å². The van der Waals surface area contributed by atoms with Crippen molar-refractivity contribution in [2.24, 2.45) is 0 Å². The lowest BCUT2D eigenvalue weighted by molar-refractivity contribution is -0.121. The predicted octanol–water partition coefficient (Wildman–Crippen LogP) is 3.58. The Hall–Kier alpha value is -3.12. The van der Waals surface area contributed by atoms with Crippen LogP contribution in [0.4, 0.5) is 0 Å². The van der Waals surface area contributed by atoms with Crippen molar-refractivity contribution in [3.8, 4) is 5.69 Å². The maximum absolute atomic E-state index is 12.3. The molecule has 29 heavy (non-hydrogen) atoms. The van der Waals surface area contributed by atoms with Gasteiger partial charge in [0.25, 0.3) is 5.91 Å². The van der Waals surface area contributed by atoms with Crippen LogP contribution in [0, 0.1) is 13.8 Å². The van der Waals surface area contributed by atoms with Gasteiger partial charge in [-0.1, -0.05) is 41.9 Å². The molecule has 0 unspecified atom stereocenters. The maximum Gasteiger partial charge on any atom is 0.251 e. The highest BCUT2D eigenvalue weighted by Gasteiger charge is 2.12.